The third-order valence-corrected chi connectivity index (χ3v) is 6.11. The first kappa shape index (κ1) is 27.9. The Kier molecular flexibility index (Phi) is 26.8. The van der Waals surface area contributed by atoms with Crippen molar-refractivity contribution in [3.8, 4) is 0 Å². The number of rotatable bonds is 25. The van der Waals surface area contributed by atoms with Crippen LogP contribution in [-0.4, -0.2) is 18.3 Å². The number of unbranched alkanes of at least 4 members (excludes halogenated alkanes) is 23. The van der Waals surface area contributed by atoms with Gasteiger partial charge in [-0.2, -0.15) is 0 Å². The van der Waals surface area contributed by atoms with Crippen molar-refractivity contribution in [2.45, 2.75) is 154 Å². The molecule has 0 aromatic rings. The molecule has 2 nitrogen and oxygen atoms in total. The topological polar surface area (TPSA) is 46.2 Å². The molecule has 0 aromatic carbocycles. The monoisotopic (exact) mass is 397 g/mol. The molecule has 3 N–H and O–H groups in total. The Bertz CT molecular complexity index is 231. The largest absolute Gasteiger partial charge is 0.396 e. The molecule has 0 aliphatic heterocycles. The van der Waals surface area contributed by atoms with Crippen LogP contribution in [0.2, 0.25) is 0 Å². The third kappa shape index (κ3) is 25.9. The summed E-state index contributed by atoms with van der Waals surface area (Å²) in [5.41, 5.74) is 5.52. The van der Waals surface area contributed by atoms with Crippen LogP contribution < -0.4 is 5.73 Å². The van der Waals surface area contributed by atoms with Gasteiger partial charge < -0.3 is 10.8 Å². The van der Waals surface area contributed by atoms with Crippen molar-refractivity contribution in [3.05, 3.63) is 0 Å². The van der Waals surface area contributed by atoms with Crippen LogP contribution in [0.3, 0.4) is 0 Å². The molecule has 0 fully saturated rings. The van der Waals surface area contributed by atoms with Crippen molar-refractivity contribution in [3.63, 3.8) is 0 Å². The van der Waals surface area contributed by atoms with Crippen molar-refractivity contribution in [1.29, 1.82) is 0 Å². The van der Waals surface area contributed by atoms with Crippen LogP contribution in [0.25, 0.3) is 0 Å². The highest BCUT2D eigenvalue weighted by Gasteiger charge is 1.96. The normalized spacial score (nSPS) is 11.4. The molecule has 28 heavy (non-hydrogen) atoms. The first-order chi connectivity index (χ1) is 13.9. The van der Waals surface area contributed by atoms with Gasteiger partial charge in [0.15, 0.2) is 0 Å². The summed E-state index contributed by atoms with van der Waals surface area (Å²) in [6.45, 7) is 1.24. The van der Waals surface area contributed by atoms with Crippen LogP contribution in [0.15, 0.2) is 0 Å². The maximum absolute atomic E-state index is 8.74. The van der Waals surface area contributed by atoms with Crippen molar-refractivity contribution in [1.82, 2.24) is 0 Å². The minimum atomic E-state index is 0.372. The van der Waals surface area contributed by atoms with Crippen LogP contribution in [0.4, 0.5) is 0 Å². The number of hydrogen-bond donors (Lipinski definition) is 2. The highest BCUT2D eigenvalue weighted by Crippen LogP contribution is 2.15. The van der Waals surface area contributed by atoms with Gasteiger partial charge in [-0.15, -0.1) is 0 Å². The van der Waals surface area contributed by atoms with Crippen molar-refractivity contribution in [2.24, 2.45) is 5.73 Å². The summed E-state index contributed by atoms with van der Waals surface area (Å²) >= 11 is 0. The summed E-state index contributed by atoms with van der Waals surface area (Å²) in [5.74, 6) is 0. The van der Waals surface area contributed by atoms with E-state index in [-0.39, 0.29) is 0 Å². The fourth-order valence-electron chi connectivity index (χ4n) is 4.15. The highest BCUT2D eigenvalue weighted by molar-refractivity contribution is 4.51. The molecule has 0 aliphatic carbocycles. The molecular weight excluding hydrogens is 342 g/mol. The highest BCUT2D eigenvalue weighted by atomic mass is 16.2. The van der Waals surface area contributed by atoms with Crippen LogP contribution in [-0.2, 0) is 0 Å². The van der Waals surface area contributed by atoms with E-state index in [1.807, 2.05) is 0 Å². The Morgan fingerprint density at radius 2 is 0.464 bits per heavy atom. The van der Waals surface area contributed by atoms with Gasteiger partial charge in [-0.25, -0.2) is 0 Å². The quantitative estimate of drug-likeness (QED) is 0.152. The van der Waals surface area contributed by atoms with E-state index in [9.17, 15) is 0 Å². The second-order valence-corrected chi connectivity index (χ2v) is 9.00. The molecule has 170 valence electrons. The van der Waals surface area contributed by atoms with E-state index in [1.54, 1.807) is 0 Å². The number of aliphatic hydroxyl groups is 1. The molecular formula is C26H55NO. The lowest BCUT2D eigenvalue weighted by Crippen LogP contribution is -1.97. The lowest BCUT2D eigenvalue weighted by Gasteiger charge is -2.04. The van der Waals surface area contributed by atoms with Gasteiger partial charge in [-0.1, -0.05) is 141 Å². The maximum Gasteiger partial charge on any atom is 0.0431 e. The van der Waals surface area contributed by atoms with E-state index < -0.39 is 0 Å². The Labute approximate surface area is 178 Å². The summed E-state index contributed by atoms with van der Waals surface area (Å²) in [4.78, 5) is 0. The minimum absolute atomic E-state index is 0.372. The van der Waals surface area contributed by atoms with Crippen LogP contribution >= 0.6 is 0 Å². The van der Waals surface area contributed by atoms with Crippen LogP contribution in [0, 0.1) is 0 Å². The Morgan fingerprint density at radius 1 is 0.286 bits per heavy atom. The summed E-state index contributed by atoms with van der Waals surface area (Å²) in [6.07, 6.45) is 33.5. The fourth-order valence-corrected chi connectivity index (χ4v) is 4.15. The lowest BCUT2D eigenvalue weighted by atomic mass is 10.0. The molecule has 2 heteroatoms. The maximum atomic E-state index is 8.74. The number of hydrogen-bond acceptors (Lipinski definition) is 2. The Balaban J connectivity index is 2.96. The number of aliphatic hydroxyl groups excluding tert-OH is 1. The van der Waals surface area contributed by atoms with E-state index in [2.05, 4.69) is 0 Å². The molecule has 0 spiro atoms. The van der Waals surface area contributed by atoms with Crippen LogP contribution in [0.1, 0.15) is 154 Å². The van der Waals surface area contributed by atoms with E-state index >= 15 is 0 Å². The second kappa shape index (κ2) is 26.9. The Morgan fingerprint density at radius 3 is 0.643 bits per heavy atom. The van der Waals surface area contributed by atoms with Gasteiger partial charge in [0, 0.05) is 6.61 Å². The molecule has 0 heterocycles. The van der Waals surface area contributed by atoms with E-state index in [0.717, 1.165) is 13.0 Å². The SMILES string of the molecule is NCCCCCCCCCCCCCCCCCCCCCCCCCCO. The zero-order valence-electron chi connectivity index (χ0n) is 19.4. The smallest absolute Gasteiger partial charge is 0.0431 e. The first-order valence-electron chi connectivity index (χ1n) is 13.2. The first-order valence-corrected chi connectivity index (χ1v) is 13.2. The third-order valence-electron chi connectivity index (χ3n) is 6.11. The fraction of sp³-hybridized carbons (Fsp3) is 1.00. The van der Waals surface area contributed by atoms with Crippen LogP contribution in [0.5, 0.6) is 0 Å². The molecule has 0 amide bonds. The average molecular weight is 398 g/mol. The van der Waals surface area contributed by atoms with Gasteiger partial charge in [0.2, 0.25) is 0 Å². The second-order valence-electron chi connectivity index (χ2n) is 9.00. The minimum Gasteiger partial charge on any atom is -0.396 e. The molecule has 0 aliphatic rings. The standard InChI is InChI=1S/C26H55NO/c27-25-23-21-19-17-15-13-11-9-7-5-3-1-2-4-6-8-10-12-14-16-18-20-22-24-26-28/h28H,1-27H2. The van der Waals surface area contributed by atoms with Crippen molar-refractivity contribution < 1.29 is 5.11 Å². The van der Waals surface area contributed by atoms with Gasteiger partial charge in [0.1, 0.15) is 0 Å². The predicted octanol–water partition coefficient (Wildman–Crippen LogP) is 8.30. The predicted molar refractivity (Wildman–Crippen MR) is 127 cm³/mol. The van der Waals surface area contributed by atoms with E-state index in [0.29, 0.717) is 6.61 Å². The summed E-state index contributed by atoms with van der Waals surface area (Å²) < 4.78 is 0. The molecule has 0 saturated heterocycles. The van der Waals surface area contributed by atoms with Gasteiger partial charge in [-0.05, 0) is 19.4 Å². The molecule has 0 bridgehead atoms. The average Bonchev–Trinajstić information content (AvgIpc) is 2.71. The molecule has 0 unspecified atom stereocenters. The summed E-state index contributed by atoms with van der Waals surface area (Å²) in [5, 5.41) is 8.74. The molecule has 0 rings (SSSR count). The Hall–Kier alpha value is -0.0800. The molecule has 0 saturated carbocycles. The van der Waals surface area contributed by atoms with E-state index in [4.69, 9.17) is 10.8 Å². The zero-order chi connectivity index (χ0) is 20.4. The van der Waals surface area contributed by atoms with Crippen molar-refractivity contribution >= 4 is 0 Å². The lowest BCUT2D eigenvalue weighted by molar-refractivity contribution is 0.282. The molecule has 0 radical (unpaired) electrons. The molecule has 0 aromatic heterocycles. The van der Waals surface area contributed by atoms with Gasteiger partial charge >= 0.3 is 0 Å². The van der Waals surface area contributed by atoms with Crippen molar-refractivity contribution in [2.75, 3.05) is 13.2 Å². The van der Waals surface area contributed by atoms with Gasteiger partial charge in [-0.3, -0.25) is 0 Å². The molecule has 0 atom stereocenters. The zero-order valence-corrected chi connectivity index (χ0v) is 19.4. The summed E-state index contributed by atoms with van der Waals surface area (Å²) in [7, 11) is 0. The van der Waals surface area contributed by atoms with Gasteiger partial charge in [0.25, 0.3) is 0 Å². The number of nitrogens with two attached hydrogens (primary N) is 1. The summed E-state index contributed by atoms with van der Waals surface area (Å²) in [6, 6.07) is 0. The van der Waals surface area contributed by atoms with E-state index in [1.165, 1.54) is 148 Å². The van der Waals surface area contributed by atoms with Gasteiger partial charge in [0.05, 0.1) is 0 Å².